The highest BCUT2D eigenvalue weighted by molar-refractivity contribution is 6.30. The number of aromatic hydroxyl groups is 1. The predicted octanol–water partition coefficient (Wildman–Crippen LogP) is 6.39. The Morgan fingerprint density at radius 1 is 0.887 bits per heavy atom. The van der Waals surface area contributed by atoms with E-state index in [1.54, 1.807) is 30.3 Å². The molecule has 12 heteroatoms. The molecule has 8 rings (SSSR count). The van der Waals surface area contributed by atoms with Crippen molar-refractivity contribution in [2.24, 2.45) is 23.7 Å². The molecule has 0 aromatic heterocycles. The number of imide groups is 2. The molecule has 2 saturated heterocycles. The predicted molar refractivity (Wildman–Crippen MR) is 192 cm³/mol. The molecule has 10 nitrogen and oxygen atoms in total. The van der Waals surface area contributed by atoms with Gasteiger partial charge in [0, 0.05) is 28.6 Å². The number of hydrazine groups is 1. The number of anilines is 1. The zero-order valence-corrected chi connectivity index (χ0v) is 29.5. The summed E-state index contributed by atoms with van der Waals surface area (Å²) in [5, 5.41) is 13.2. The maximum absolute atomic E-state index is 15.4. The van der Waals surface area contributed by atoms with Crippen molar-refractivity contribution in [3.63, 3.8) is 0 Å². The van der Waals surface area contributed by atoms with Crippen LogP contribution in [0.3, 0.4) is 0 Å². The third kappa shape index (κ3) is 5.28. The van der Waals surface area contributed by atoms with Crippen LogP contribution >= 0.6 is 11.6 Å². The Labute approximate surface area is 309 Å². The van der Waals surface area contributed by atoms with Crippen molar-refractivity contribution in [2.45, 2.75) is 30.7 Å². The van der Waals surface area contributed by atoms with E-state index in [1.165, 1.54) is 49.5 Å². The van der Waals surface area contributed by atoms with Gasteiger partial charge in [0.15, 0.2) is 0 Å². The van der Waals surface area contributed by atoms with Crippen molar-refractivity contribution in [1.82, 2.24) is 9.91 Å². The van der Waals surface area contributed by atoms with Gasteiger partial charge in [0.05, 0.1) is 49.6 Å². The number of ether oxygens (including phenoxy) is 2. The van der Waals surface area contributed by atoms with Crippen molar-refractivity contribution in [3.05, 3.63) is 130 Å². The lowest BCUT2D eigenvalue weighted by atomic mass is 9.49. The van der Waals surface area contributed by atoms with Gasteiger partial charge in [0.2, 0.25) is 11.8 Å². The second-order valence-electron chi connectivity index (χ2n) is 13.9. The molecule has 4 aliphatic rings. The number of halogens is 2. The SMILES string of the molecule is COc1cc(O)c([C@H]2C3=CC[C@@H]4C(=O)N(Cc5ccccc5)C(=O)[C@@H]4[C@@H]3C[C@H]3C(=O)N(Nc4ccc(F)cc4)C(=O)[C@@]23c2ccc(Cl)cc2)c(OC)c1. The van der Waals surface area contributed by atoms with Crippen LogP contribution in [-0.2, 0) is 31.1 Å². The maximum Gasteiger partial charge on any atom is 0.260 e. The van der Waals surface area contributed by atoms with Crippen LogP contribution in [0.5, 0.6) is 17.2 Å². The minimum Gasteiger partial charge on any atom is -0.507 e. The average molecular weight is 736 g/mol. The standard InChI is InChI=1S/C41H35ClFN3O7/c1-52-27-18-32(47)35(33(19-27)53-2)36-28-16-17-29-34(39(50)45(37(29)48)21-22-6-4-3-5-7-22)30(28)20-31-38(49)46(44-26-14-12-25(43)13-15-26)40(51)41(31,36)23-8-10-24(42)11-9-23/h3-16,18-19,29-31,34,36,44,47H,17,20-21H2,1-2H3/t29-,30+,31-,34-,36+,41+/m0/s1. The number of phenolic OH excluding ortho intramolecular Hbond substituents is 1. The minimum atomic E-state index is -1.70. The summed E-state index contributed by atoms with van der Waals surface area (Å²) in [7, 11) is 2.88. The molecule has 0 bridgehead atoms. The number of carbonyl (C=O) groups excluding carboxylic acids is 4. The van der Waals surface area contributed by atoms with E-state index in [1.807, 2.05) is 36.4 Å². The van der Waals surface area contributed by atoms with Gasteiger partial charge >= 0.3 is 0 Å². The molecule has 1 saturated carbocycles. The van der Waals surface area contributed by atoms with Crippen LogP contribution in [0, 0.1) is 29.5 Å². The number of nitrogens with one attached hydrogen (secondary N) is 1. The molecule has 4 amide bonds. The van der Waals surface area contributed by atoms with E-state index in [4.69, 9.17) is 21.1 Å². The van der Waals surface area contributed by atoms with Gasteiger partial charge in [0.25, 0.3) is 11.8 Å². The van der Waals surface area contributed by atoms with E-state index in [-0.39, 0.29) is 48.3 Å². The van der Waals surface area contributed by atoms with Crippen LogP contribution in [0.4, 0.5) is 10.1 Å². The van der Waals surface area contributed by atoms with Crippen molar-refractivity contribution >= 4 is 40.9 Å². The van der Waals surface area contributed by atoms with Gasteiger partial charge in [-0.25, -0.2) is 4.39 Å². The number of nitrogens with zero attached hydrogens (tertiary/aromatic N) is 2. The third-order valence-corrected chi connectivity index (χ3v) is 11.6. The highest BCUT2D eigenvalue weighted by Gasteiger charge is 2.71. The van der Waals surface area contributed by atoms with Gasteiger partial charge in [-0.1, -0.05) is 65.7 Å². The summed E-state index contributed by atoms with van der Waals surface area (Å²) >= 11 is 6.37. The van der Waals surface area contributed by atoms with E-state index >= 15 is 4.79 Å². The van der Waals surface area contributed by atoms with Crippen molar-refractivity contribution < 1.29 is 38.1 Å². The van der Waals surface area contributed by atoms with Crippen LogP contribution in [0.1, 0.15) is 35.4 Å². The molecule has 0 unspecified atom stereocenters. The monoisotopic (exact) mass is 735 g/mol. The maximum atomic E-state index is 15.4. The number of carbonyl (C=O) groups is 4. The molecule has 3 fully saturated rings. The zero-order chi connectivity index (χ0) is 37.2. The number of hydrogen-bond acceptors (Lipinski definition) is 8. The van der Waals surface area contributed by atoms with Gasteiger partial charge < -0.3 is 14.6 Å². The summed E-state index contributed by atoms with van der Waals surface area (Å²) in [4.78, 5) is 59.9. The Morgan fingerprint density at radius 2 is 1.60 bits per heavy atom. The van der Waals surface area contributed by atoms with Crippen molar-refractivity contribution in [2.75, 3.05) is 19.6 Å². The molecule has 0 radical (unpaired) electrons. The fourth-order valence-corrected chi connectivity index (χ4v) is 9.25. The molecule has 2 aliphatic carbocycles. The molecule has 53 heavy (non-hydrogen) atoms. The fraction of sp³-hybridized carbons (Fsp3) is 0.268. The second kappa shape index (κ2) is 13.1. The van der Waals surface area contributed by atoms with Crippen LogP contribution in [0.2, 0.25) is 5.02 Å². The first kappa shape index (κ1) is 34.4. The van der Waals surface area contributed by atoms with Crippen molar-refractivity contribution in [3.8, 4) is 17.2 Å². The molecule has 2 aliphatic heterocycles. The highest BCUT2D eigenvalue weighted by atomic mass is 35.5. The van der Waals surface area contributed by atoms with Crippen LogP contribution in [-0.4, -0.2) is 52.9 Å². The largest absolute Gasteiger partial charge is 0.507 e. The normalized spacial score (nSPS) is 26.2. The number of benzene rings is 4. The lowest BCUT2D eigenvalue weighted by molar-refractivity contribution is -0.142. The van der Waals surface area contributed by atoms with Gasteiger partial charge in [-0.3, -0.25) is 29.5 Å². The highest BCUT2D eigenvalue weighted by Crippen LogP contribution is 2.66. The first-order chi connectivity index (χ1) is 25.6. The number of allylic oxidation sites excluding steroid dienone is 2. The third-order valence-electron chi connectivity index (χ3n) is 11.4. The Kier molecular flexibility index (Phi) is 8.48. The first-order valence-electron chi connectivity index (χ1n) is 17.3. The van der Waals surface area contributed by atoms with E-state index in [0.717, 1.165) is 10.6 Å². The topological polar surface area (TPSA) is 125 Å². The quantitative estimate of drug-likeness (QED) is 0.158. The molecule has 2 heterocycles. The van der Waals surface area contributed by atoms with Gasteiger partial charge in [0.1, 0.15) is 23.1 Å². The molecular formula is C41H35ClFN3O7. The summed E-state index contributed by atoms with van der Waals surface area (Å²) in [6, 6.07) is 24.2. The fourth-order valence-electron chi connectivity index (χ4n) is 9.12. The molecule has 0 spiro atoms. The Bertz CT molecular complexity index is 2180. The number of phenols is 1. The Hall–Kier alpha value is -5.68. The lowest BCUT2D eigenvalue weighted by Gasteiger charge is -2.50. The second-order valence-corrected chi connectivity index (χ2v) is 14.3. The number of rotatable bonds is 8. The number of hydrogen-bond donors (Lipinski definition) is 2. The zero-order valence-electron chi connectivity index (χ0n) is 28.8. The molecule has 4 aromatic rings. The van der Waals surface area contributed by atoms with Gasteiger partial charge in [-0.05, 0) is 66.3 Å². The summed E-state index contributed by atoms with van der Waals surface area (Å²) < 4.78 is 25.2. The summed E-state index contributed by atoms with van der Waals surface area (Å²) in [6.45, 7) is 0.106. The average Bonchev–Trinajstić information content (AvgIpc) is 3.53. The number of amides is 4. The minimum absolute atomic E-state index is 0.0513. The first-order valence-corrected chi connectivity index (χ1v) is 17.7. The van der Waals surface area contributed by atoms with E-state index in [0.29, 0.717) is 27.6 Å². The number of likely N-dealkylation sites (tertiary alicyclic amines) is 1. The summed E-state index contributed by atoms with van der Waals surface area (Å²) in [6.07, 6.45) is 2.16. The van der Waals surface area contributed by atoms with E-state index in [9.17, 15) is 23.9 Å². The molecule has 270 valence electrons. The lowest BCUT2D eigenvalue weighted by Crippen LogP contribution is -2.53. The summed E-state index contributed by atoms with van der Waals surface area (Å²) in [5.74, 6) is -6.37. The van der Waals surface area contributed by atoms with Gasteiger partial charge in [-0.2, -0.15) is 5.01 Å². The Morgan fingerprint density at radius 3 is 2.28 bits per heavy atom. The molecular weight excluding hydrogens is 701 g/mol. The van der Waals surface area contributed by atoms with Crippen LogP contribution in [0.15, 0.2) is 103 Å². The molecule has 6 atom stereocenters. The van der Waals surface area contributed by atoms with Crippen LogP contribution in [0.25, 0.3) is 0 Å². The van der Waals surface area contributed by atoms with E-state index in [2.05, 4.69) is 5.43 Å². The van der Waals surface area contributed by atoms with Gasteiger partial charge in [-0.15, -0.1) is 0 Å². The molecule has 2 N–H and O–H groups in total. The smallest absolute Gasteiger partial charge is 0.260 e. The molecule has 4 aromatic carbocycles. The number of fused-ring (bicyclic) bond motifs is 4. The van der Waals surface area contributed by atoms with Crippen molar-refractivity contribution in [1.29, 1.82) is 0 Å². The summed E-state index contributed by atoms with van der Waals surface area (Å²) in [5.41, 5.74) is 3.65. The Balaban J connectivity index is 1.34. The van der Waals surface area contributed by atoms with E-state index < -0.39 is 52.6 Å². The van der Waals surface area contributed by atoms with Crippen LogP contribution < -0.4 is 14.9 Å². The number of methoxy groups -OCH3 is 2.